The number of imidazole rings is 1. The fourth-order valence-electron chi connectivity index (χ4n) is 4.10. The zero-order valence-corrected chi connectivity index (χ0v) is 20.4. The van der Waals surface area contributed by atoms with Crippen molar-refractivity contribution < 1.29 is 9.53 Å². The lowest BCUT2D eigenvalue weighted by Gasteiger charge is -2.27. The first kappa shape index (κ1) is 23.9. The lowest BCUT2D eigenvalue weighted by atomic mass is 10.1. The number of carbonyl (C=O) groups excluding carboxylic acids is 1. The standard InChI is InChI=1S/C25H29N5O3S/c1-3-4-16-29-21-22(26-24(29)28-14-9-6-10-15-28)27-25(34-18-20(31)33-2)30(23(21)32)17-13-19-11-7-5-8-12-19/h5,7-8,11-12H,6,9-10,13-18H2,1-2H3. The molecular weight excluding hydrogens is 450 g/mol. The molecule has 1 saturated heterocycles. The van der Waals surface area contributed by atoms with Gasteiger partial charge in [0, 0.05) is 19.6 Å². The number of anilines is 1. The highest BCUT2D eigenvalue weighted by Crippen LogP contribution is 2.25. The number of thioether (sulfide) groups is 1. The lowest BCUT2D eigenvalue weighted by Crippen LogP contribution is -2.32. The number of methoxy groups -OCH3 is 1. The summed E-state index contributed by atoms with van der Waals surface area (Å²) < 4.78 is 8.35. The van der Waals surface area contributed by atoms with E-state index in [1.54, 1.807) is 11.5 Å². The summed E-state index contributed by atoms with van der Waals surface area (Å²) in [6, 6.07) is 10.0. The fraction of sp³-hybridized carbons (Fsp3) is 0.440. The number of rotatable bonds is 8. The predicted molar refractivity (Wildman–Crippen MR) is 134 cm³/mol. The summed E-state index contributed by atoms with van der Waals surface area (Å²) >= 11 is 1.20. The molecule has 0 radical (unpaired) electrons. The van der Waals surface area contributed by atoms with Crippen molar-refractivity contribution in [2.45, 2.75) is 50.9 Å². The van der Waals surface area contributed by atoms with Crippen molar-refractivity contribution in [2.75, 3.05) is 30.9 Å². The van der Waals surface area contributed by atoms with Crippen molar-refractivity contribution >= 4 is 34.8 Å². The number of carbonyl (C=O) groups is 1. The maximum absolute atomic E-state index is 13.8. The molecule has 2 aromatic heterocycles. The molecule has 3 heterocycles. The van der Waals surface area contributed by atoms with Gasteiger partial charge < -0.3 is 9.64 Å². The Morgan fingerprint density at radius 2 is 1.88 bits per heavy atom. The van der Waals surface area contributed by atoms with Gasteiger partial charge in [0.15, 0.2) is 16.3 Å². The molecule has 9 heteroatoms. The van der Waals surface area contributed by atoms with Gasteiger partial charge in [-0.25, -0.2) is 4.98 Å². The van der Waals surface area contributed by atoms with Gasteiger partial charge in [-0.3, -0.25) is 18.7 Å². The van der Waals surface area contributed by atoms with E-state index in [4.69, 9.17) is 14.7 Å². The van der Waals surface area contributed by atoms with Gasteiger partial charge in [0.1, 0.15) is 0 Å². The molecule has 0 unspecified atom stereocenters. The van der Waals surface area contributed by atoms with Gasteiger partial charge in [-0.05, 0) is 38.2 Å². The van der Waals surface area contributed by atoms with Gasteiger partial charge in [-0.1, -0.05) is 48.0 Å². The number of ether oxygens (including phenoxy) is 1. The van der Waals surface area contributed by atoms with Crippen LogP contribution in [0.3, 0.4) is 0 Å². The summed E-state index contributed by atoms with van der Waals surface area (Å²) in [6.45, 7) is 4.41. The second kappa shape index (κ2) is 11.3. The maximum Gasteiger partial charge on any atom is 0.316 e. The number of piperidine rings is 1. The van der Waals surface area contributed by atoms with E-state index in [1.165, 1.54) is 25.3 Å². The van der Waals surface area contributed by atoms with Gasteiger partial charge in [0.2, 0.25) is 5.95 Å². The first-order valence-corrected chi connectivity index (χ1v) is 12.5. The average Bonchev–Trinajstić information content (AvgIpc) is 3.25. The van der Waals surface area contributed by atoms with Crippen LogP contribution in [0.1, 0.15) is 31.7 Å². The van der Waals surface area contributed by atoms with Crippen LogP contribution in [-0.4, -0.2) is 51.0 Å². The number of benzene rings is 1. The molecule has 1 aliphatic rings. The summed E-state index contributed by atoms with van der Waals surface area (Å²) in [4.78, 5) is 37.4. The zero-order valence-electron chi connectivity index (χ0n) is 19.6. The Morgan fingerprint density at radius 1 is 1.12 bits per heavy atom. The molecule has 0 spiro atoms. The number of esters is 1. The minimum atomic E-state index is -0.369. The Labute approximate surface area is 203 Å². The zero-order chi connectivity index (χ0) is 23.9. The van der Waals surface area contributed by atoms with Crippen molar-refractivity contribution in [2.24, 2.45) is 0 Å². The third-order valence-electron chi connectivity index (χ3n) is 5.88. The van der Waals surface area contributed by atoms with E-state index in [1.807, 2.05) is 34.9 Å². The molecule has 8 nitrogen and oxygen atoms in total. The number of nitrogens with zero attached hydrogens (tertiary/aromatic N) is 5. The molecular formula is C25H29N5O3S. The number of aromatic nitrogens is 4. The van der Waals surface area contributed by atoms with Crippen LogP contribution in [0.5, 0.6) is 0 Å². The van der Waals surface area contributed by atoms with Gasteiger partial charge in [0.25, 0.3) is 5.56 Å². The monoisotopic (exact) mass is 479 g/mol. The number of hydrogen-bond acceptors (Lipinski definition) is 7. The molecule has 1 aliphatic heterocycles. The molecule has 3 aromatic rings. The fourth-order valence-corrected chi connectivity index (χ4v) is 4.95. The number of fused-ring (bicyclic) bond motifs is 1. The second-order valence-electron chi connectivity index (χ2n) is 8.10. The smallest absolute Gasteiger partial charge is 0.316 e. The Balaban J connectivity index is 1.81. The molecule has 0 amide bonds. The third kappa shape index (κ3) is 5.28. The number of aryl methyl sites for hydroxylation is 1. The molecule has 0 atom stereocenters. The Morgan fingerprint density at radius 3 is 2.59 bits per heavy atom. The minimum absolute atomic E-state index is 0.0702. The first-order chi connectivity index (χ1) is 16.6. The second-order valence-corrected chi connectivity index (χ2v) is 9.04. The van der Waals surface area contributed by atoms with E-state index in [9.17, 15) is 9.59 Å². The van der Waals surface area contributed by atoms with E-state index in [-0.39, 0.29) is 17.3 Å². The molecule has 34 heavy (non-hydrogen) atoms. The van der Waals surface area contributed by atoms with Crippen molar-refractivity contribution in [3.8, 4) is 11.8 Å². The Bertz CT molecular complexity index is 1270. The largest absolute Gasteiger partial charge is 0.468 e. The number of hydrogen-bond donors (Lipinski definition) is 0. The van der Waals surface area contributed by atoms with Crippen LogP contribution in [0.4, 0.5) is 5.95 Å². The van der Waals surface area contributed by atoms with E-state index in [2.05, 4.69) is 16.7 Å². The molecule has 0 N–H and O–H groups in total. The van der Waals surface area contributed by atoms with Gasteiger partial charge in [-0.2, -0.15) is 4.98 Å². The lowest BCUT2D eigenvalue weighted by molar-refractivity contribution is -0.137. The Hall–Kier alpha value is -3.25. The topological polar surface area (TPSA) is 82.2 Å². The SMILES string of the molecule is CC#CCn1c(N2CCCCC2)nc2nc(SCC(=O)OC)n(CCc3ccccc3)c(=O)c21. The highest BCUT2D eigenvalue weighted by molar-refractivity contribution is 7.99. The normalized spacial score (nSPS) is 13.5. The summed E-state index contributed by atoms with van der Waals surface area (Å²) in [6.07, 6.45) is 4.06. The molecule has 0 aliphatic carbocycles. The highest BCUT2D eigenvalue weighted by Gasteiger charge is 2.24. The quantitative estimate of drug-likeness (QED) is 0.212. The van der Waals surface area contributed by atoms with Crippen LogP contribution >= 0.6 is 11.8 Å². The van der Waals surface area contributed by atoms with E-state index >= 15 is 0 Å². The summed E-state index contributed by atoms with van der Waals surface area (Å²) in [5.74, 6) is 6.47. The van der Waals surface area contributed by atoms with Crippen LogP contribution in [0.2, 0.25) is 0 Å². The molecule has 178 valence electrons. The summed E-state index contributed by atoms with van der Waals surface area (Å²) in [5, 5.41) is 0.468. The van der Waals surface area contributed by atoms with Crippen molar-refractivity contribution in [1.82, 2.24) is 19.1 Å². The van der Waals surface area contributed by atoms with Crippen molar-refractivity contribution in [3.63, 3.8) is 0 Å². The Kier molecular flexibility index (Phi) is 7.91. The van der Waals surface area contributed by atoms with E-state index < -0.39 is 0 Å². The first-order valence-electron chi connectivity index (χ1n) is 11.5. The highest BCUT2D eigenvalue weighted by atomic mass is 32.2. The molecule has 1 aromatic carbocycles. The van der Waals surface area contributed by atoms with Gasteiger partial charge in [-0.15, -0.1) is 5.92 Å². The maximum atomic E-state index is 13.8. The molecule has 1 fully saturated rings. The van der Waals surface area contributed by atoms with E-state index in [0.29, 0.717) is 35.8 Å². The van der Waals surface area contributed by atoms with Crippen LogP contribution in [0.25, 0.3) is 11.2 Å². The van der Waals surface area contributed by atoms with Gasteiger partial charge >= 0.3 is 5.97 Å². The van der Waals surface area contributed by atoms with Crippen LogP contribution < -0.4 is 10.5 Å². The molecule has 0 saturated carbocycles. The average molecular weight is 480 g/mol. The molecule has 0 bridgehead atoms. The van der Waals surface area contributed by atoms with Crippen LogP contribution in [0.15, 0.2) is 40.3 Å². The summed E-state index contributed by atoms with van der Waals surface area (Å²) in [7, 11) is 1.35. The molecule has 4 rings (SSSR count). The predicted octanol–water partition coefficient (Wildman–Crippen LogP) is 3.11. The van der Waals surface area contributed by atoms with Gasteiger partial charge in [0.05, 0.1) is 19.4 Å². The van der Waals surface area contributed by atoms with Crippen molar-refractivity contribution in [1.29, 1.82) is 0 Å². The van der Waals surface area contributed by atoms with Crippen molar-refractivity contribution in [3.05, 3.63) is 46.2 Å². The van der Waals surface area contributed by atoms with Crippen LogP contribution in [0, 0.1) is 11.8 Å². The summed E-state index contributed by atoms with van der Waals surface area (Å²) in [5.41, 5.74) is 1.81. The van der Waals surface area contributed by atoms with Crippen LogP contribution in [-0.2, 0) is 29.0 Å². The van der Waals surface area contributed by atoms with E-state index in [0.717, 1.165) is 37.4 Å². The minimum Gasteiger partial charge on any atom is -0.468 e. The third-order valence-corrected chi connectivity index (χ3v) is 6.83.